The summed E-state index contributed by atoms with van der Waals surface area (Å²) in [5.74, 6) is 1.33. The molecule has 0 radical (unpaired) electrons. The lowest BCUT2D eigenvalue weighted by molar-refractivity contribution is 0.291. The third kappa shape index (κ3) is 4.46. The Morgan fingerprint density at radius 2 is 2.05 bits per heavy atom. The molecule has 22 heavy (non-hydrogen) atoms. The summed E-state index contributed by atoms with van der Waals surface area (Å²) in [6.07, 6.45) is 0.841. The number of anilines is 2. The summed E-state index contributed by atoms with van der Waals surface area (Å²) in [6.45, 7) is 6.60. The highest BCUT2D eigenvalue weighted by molar-refractivity contribution is 6.28. The molecule has 1 atom stereocenters. The van der Waals surface area contributed by atoms with Crippen molar-refractivity contribution in [2.24, 2.45) is 0 Å². The van der Waals surface area contributed by atoms with Gasteiger partial charge >= 0.3 is 0 Å². The molecule has 6 nitrogen and oxygen atoms in total. The van der Waals surface area contributed by atoms with Gasteiger partial charge in [0.2, 0.25) is 17.2 Å². The van der Waals surface area contributed by atoms with Crippen molar-refractivity contribution in [2.75, 3.05) is 17.7 Å². The highest BCUT2D eigenvalue weighted by Gasteiger charge is 2.11. The number of aryl methyl sites for hydroxylation is 2. The van der Waals surface area contributed by atoms with Crippen LogP contribution in [0.4, 0.5) is 11.9 Å². The number of hydrogen-bond acceptors (Lipinski definition) is 6. The molecule has 118 valence electrons. The van der Waals surface area contributed by atoms with Gasteiger partial charge in [-0.15, -0.1) is 0 Å². The zero-order valence-electron chi connectivity index (χ0n) is 12.9. The highest BCUT2D eigenvalue weighted by atomic mass is 35.5. The molecule has 0 aliphatic rings. The van der Waals surface area contributed by atoms with Crippen molar-refractivity contribution in [3.63, 3.8) is 0 Å². The zero-order valence-corrected chi connectivity index (χ0v) is 13.7. The van der Waals surface area contributed by atoms with Crippen LogP contribution < -0.4 is 15.8 Å². The predicted molar refractivity (Wildman–Crippen MR) is 88.4 cm³/mol. The van der Waals surface area contributed by atoms with Gasteiger partial charge in [0, 0.05) is 0 Å². The van der Waals surface area contributed by atoms with Gasteiger partial charge in [0.1, 0.15) is 12.4 Å². The molecule has 1 heterocycles. The molecule has 0 aliphatic heterocycles. The molecule has 2 aromatic rings. The van der Waals surface area contributed by atoms with Crippen molar-refractivity contribution < 1.29 is 4.74 Å². The van der Waals surface area contributed by atoms with E-state index in [2.05, 4.69) is 33.3 Å². The van der Waals surface area contributed by atoms with Crippen LogP contribution in [0.2, 0.25) is 5.28 Å². The quantitative estimate of drug-likeness (QED) is 0.850. The molecule has 0 spiro atoms. The maximum Gasteiger partial charge on any atom is 0.229 e. The van der Waals surface area contributed by atoms with E-state index in [9.17, 15) is 0 Å². The second-order valence-corrected chi connectivity index (χ2v) is 5.45. The summed E-state index contributed by atoms with van der Waals surface area (Å²) in [7, 11) is 0. The monoisotopic (exact) mass is 321 g/mol. The number of rotatable bonds is 6. The lowest BCUT2D eigenvalue weighted by atomic mass is 10.1. The van der Waals surface area contributed by atoms with E-state index >= 15 is 0 Å². The molecule has 1 unspecified atom stereocenters. The first-order valence-electron chi connectivity index (χ1n) is 7.11. The van der Waals surface area contributed by atoms with E-state index in [1.54, 1.807) is 0 Å². The van der Waals surface area contributed by atoms with Gasteiger partial charge in [0.25, 0.3) is 0 Å². The van der Waals surface area contributed by atoms with E-state index < -0.39 is 0 Å². The molecule has 0 saturated carbocycles. The van der Waals surface area contributed by atoms with Crippen LogP contribution in [0.5, 0.6) is 5.75 Å². The second-order valence-electron chi connectivity index (χ2n) is 5.12. The number of nitrogen functional groups attached to an aromatic ring is 1. The summed E-state index contributed by atoms with van der Waals surface area (Å²) in [6, 6.07) is 6.18. The molecule has 2 rings (SSSR count). The van der Waals surface area contributed by atoms with Crippen LogP contribution in [0.25, 0.3) is 0 Å². The number of nitrogens with two attached hydrogens (primary N) is 1. The Labute approximate surface area is 135 Å². The van der Waals surface area contributed by atoms with Gasteiger partial charge in [-0.1, -0.05) is 19.1 Å². The minimum Gasteiger partial charge on any atom is -0.491 e. The van der Waals surface area contributed by atoms with E-state index in [-0.39, 0.29) is 17.3 Å². The second kappa shape index (κ2) is 7.26. The van der Waals surface area contributed by atoms with Crippen molar-refractivity contribution in [3.8, 4) is 5.75 Å². The summed E-state index contributed by atoms with van der Waals surface area (Å²) in [5, 5.41) is 3.23. The van der Waals surface area contributed by atoms with Crippen molar-refractivity contribution in [3.05, 3.63) is 34.6 Å². The van der Waals surface area contributed by atoms with Gasteiger partial charge in [-0.3, -0.25) is 0 Å². The molecule has 7 heteroatoms. The molecular weight excluding hydrogens is 302 g/mol. The van der Waals surface area contributed by atoms with Gasteiger partial charge in [-0.25, -0.2) is 0 Å². The van der Waals surface area contributed by atoms with E-state index in [0.29, 0.717) is 12.6 Å². The topological polar surface area (TPSA) is 86.0 Å². The number of nitrogens with zero attached hydrogens (tertiary/aromatic N) is 3. The summed E-state index contributed by atoms with van der Waals surface area (Å²) >= 11 is 5.77. The molecule has 3 N–H and O–H groups in total. The molecule has 0 bridgehead atoms. The van der Waals surface area contributed by atoms with Crippen LogP contribution in [0.1, 0.15) is 24.5 Å². The van der Waals surface area contributed by atoms with Crippen molar-refractivity contribution in [1.29, 1.82) is 0 Å². The average molecular weight is 322 g/mol. The van der Waals surface area contributed by atoms with Crippen LogP contribution >= 0.6 is 11.6 Å². The molecule has 0 amide bonds. The minimum atomic E-state index is 0.0396. The molecule has 0 saturated heterocycles. The Morgan fingerprint density at radius 1 is 1.27 bits per heavy atom. The van der Waals surface area contributed by atoms with Crippen LogP contribution in [0.15, 0.2) is 18.2 Å². The van der Waals surface area contributed by atoms with E-state index in [0.717, 1.165) is 17.7 Å². The number of aromatic nitrogens is 3. The summed E-state index contributed by atoms with van der Waals surface area (Å²) in [4.78, 5) is 11.7. The predicted octanol–water partition coefficient (Wildman–Crippen LogP) is 2.99. The van der Waals surface area contributed by atoms with Crippen molar-refractivity contribution >= 4 is 23.5 Å². The largest absolute Gasteiger partial charge is 0.491 e. The van der Waals surface area contributed by atoms with E-state index in [1.807, 2.05) is 26.0 Å². The van der Waals surface area contributed by atoms with E-state index in [1.165, 1.54) is 5.56 Å². The van der Waals surface area contributed by atoms with Crippen LogP contribution in [0.3, 0.4) is 0 Å². The lowest BCUT2D eigenvalue weighted by Gasteiger charge is -2.18. The first-order valence-corrected chi connectivity index (χ1v) is 7.49. The first kappa shape index (κ1) is 16.3. The highest BCUT2D eigenvalue weighted by Crippen LogP contribution is 2.20. The van der Waals surface area contributed by atoms with E-state index in [4.69, 9.17) is 22.1 Å². The van der Waals surface area contributed by atoms with Crippen LogP contribution in [0, 0.1) is 13.8 Å². The van der Waals surface area contributed by atoms with Crippen LogP contribution in [-0.2, 0) is 0 Å². The third-order valence-electron chi connectivity index (χ3n) is 3.24. The standard InChI is InChI=1S/C15H20ClN5O/c1-4-11(18-15-20-13(16)19-14(17)21-15)8-22-12-7-9(2)5-6-10(12)3/h5-7,11H,4,8H2,1-3H3,(H3,17,18,19,20,21). The average Bonchev–Trinajstić information content (AvgIpc) is 2.45. The molecule has 1 aromatic carbocycles. The minimum absolute atomic E-state index is 0.0396. The number of nitrogens with one attached hydrogen (secondary N) is 1. The smallest absolute Gasteiger partial charge is 0.229 e. The van der Waals surface area contributed by atoms with Gasteiger partial charge in [0.05, 0.1) is 6.04 Å². The van der Waals surface area contributed by atoms with Gasteiger partial charge in [-0.05, 0) is 49.1 Å². The maximum atomic E-state index is 5.91. The summed E-state index contributed by atoms with van der Waals surface area (Å²) < 4.78 is 5.91. The number of benzene rings is 1. The first-order chi connectivity index (χ1) is 10.5. The third-order valence-corrected chi connectivity index (χ3v) is 3.40. The van der Waals surface area contributed by atoms with Gasteiger partial charge in [-0.2, -0.15) is 15.0 Å². The fourth-order valence-electron chi connectivity index (χ4n) is 1.93. The molecular formula is C15H20ClN5O. The van der Waals surface area contributed by atoms with Gasteiger partial charge < -0.3 is 15.8 Å². The molecule has 0 fully saturated rings. The Bertz CT molecular complexity index is 630. The number of halogens is 1. The summed E-state index contributed by atoms with van der Waals surface area (Å²) in [5.41, 5.74) is 7.83. The zero-order chi connectivity index (χ0) is 16.1. The fourth-order valence-corrected chi connectivity index (χ4v) is 2.09. The maximum absolute atomic E-state index is 5.91. The number of ether oxygens (including phenoxy) is 1. The van der Waals surface area contributed by atoms with Crippen molar-refractivity contribution in [1.82, 2.24) is 15.0 Å². The Hall–Kier alpha value is -2.08. The molecule has 0 aliphatic carbocycles. The Morgan fingerprint density at radius 3 is 2.73 bits per heavy atom. The van der Waals surface area contributed by atoms with Crippen LogP contribution in [-0.4, -0.2) is 27.6 Å². The SMILES string of the molecule is CCC(COc1cc(C)ccc1C)Nc1nc(N)nc(Cl)n1. The Kier molecular flexibility index (Phi) is 5.38. The number of hydrogen-bond donors (Lipinski definition) is 2. The normalized spacial score (nSPS) is 12.0. The fraction of sp³-hybridized carbons (Fsp3) is 0.400. The molecule has 1 aromatic heterocycles. The Balaban J connectivity index is 2.01. The van der Waals surface area contributed by atoms with Crippen molar-refractivity contribution in [2.45, 2.75) is 33.2 Å². The lowest BCUT2D eigenvalue weighted by Crippen LogP contribution is -2.27. The van der Waals surface area contributed by atoms with Gasteiger partial charge in [0.15, 0.2) is 0 Å².